The smallest absolute Gasteiger partial charge is 0.0131 e. The van der Waals surface area contributed by atoms with E-state index >= 15 is 0 Å². The molecule has 16 heavy (non-hydrogen) atoms. The second-order valence-corrected chi connectivity index (χ2v) is 5.93. The van der Waals surface area contributed by atoms with Crippen molar-refractivity contribution in [3.8, 4) is 0 Å². The zero-order valence-corrected chi connectivity index (χ0v) is 11.3. The fourth-order valence-electron chi connectivity index (χ4n) is 2.24. The second-order valence-electron chi connectivity index (χ2n) is 5.93. The number of rotatable bonds is 4. The highest BCUT2D eigenvalue weighted by Crippen LogP contribution is 2.32. The molecule has 1 heteroatoms. The molecule has 0 radical (unpaired) electrons. The maximum Gasteiger partial charge on any atom is 0.0131 e. The predicted molar refractivity (Wildman–Crippen MR) is 71.7 cm³/mol. The van der Waals surface area contributed by atoms with Crippen LogP contribution in [-0.4, -0.2) is 5.54 Å². The van der Waals surface area contributed by atoms with Crippen molar-refractivity contribution >= 4 is 0 Å². The average molecular weight is 219 g/mol. The van der Waals surface area contributed by atoms with Gasteiger partial charge >= 0.3 is 0 Å². The molecule has 0 unspecified atom stereocenters. The van der Waals surface area contributed by atoms with Crippen LogP contribution < -0.4 is 5.73 Å². The maximum absolute atomic E-state index is 6.27. The molecule has 0 fully saturated rings. The number of benzene rings is 1. The van der Waals surface area contributed by atoms with Crippen molar-refractivity contribution in [2.75, 3.05) is 0 Å². The van der Waals surface area contributed by atoms with Crippen LogP contribution in [0.4, 0.5) is 0 Å². The SMILES string of the molecule is CC[C@](C)(N)CC(C)(C)c1ccc(C)cc1. The third-order valence-corrected chi connectivity index (χ3v) is 3.49. The maximum atomic E-state index is 6.27. The van der Waals surface area contributed by atoms with Gasteiger partial charge in [0, 0.05) is 5.54 Å². The Kier molecular flexibility index (Phi) is 3.80. The molecule has 1 aromatic carbocycles. The normalized spacial score (nSPS) is 15.9. The average Bonchev–Trinajstić information content (AvgIpc) is 2.17. The molecule has 0 aromatic heterocycles. The number of hydrogen-bond acceptors (Lipinski definition) is 1. The van der Waals surface area contributed by atoms with Gasteiger partial charge in [-0.1, -0.05) is 50.6 Å². The van der Waals surface area contributed by atoms with E-state index in [2.05, 4.69) is 58.9 Å². The summed E-state index contributed by atoms with van der Waals surface area (Å²) in [6, 6.07) is 8.80. The lowest BCUT2D eigenvalue weighted by atomic mass is 9.74. The zero-order chi connectivity index (χ0) is 12.4. The van der Waals surface area contributed by atoms with Crippen LogP contribution in [-0.2, 0) is 5.41 Å². The van der Waals surface area contributed by atoms with Crippen LogP contribution in [0.15, 0.2) is 24.3 Å². The molecule has 2 N–H and O–H groups in total. The highest BCUT2D eigenvalue weighted by atomic mass is 14.7. The van der Waals surface area contributed by atoms with Gasteiger partial charge in [0.1, 0.15) is 0 Å². The van der Waals surface area contributed by atoms with E-state index in [0.717, 1.165) is 12.8 Å². The van der Waals surface area contributed by atoms with Crippen LogP contribution in [0.3, 0.4) is 0 Å². The van der Waals surface area contributed by atoms with Crippen molar-refractivity contribution in [2.45, 2.75) is 58.4 Å². The minimum absolute atomic E-state index is 0.0750. The summed E-state index contributed by atoms with van der Waals surface area (Å²) in [6.07, 6.45) is 2.03. The lowest BCUT2D eigenvalue weighted by Crippen LogP contribution is -2.41. The van der Waals surface area contributed by atoms with Crippen molar-refractivity contribution in [2.24, 2.45) is 5.73 Å². The van der Waals surface area contributed by atoms with Gasteiger partial charge in [0.15, 0.2) is 0 Å². The highest BCUT2D eigenvalue weighted by Gasteiger charge is 2.29. The van der Waals surface area contributed by atoms with Crippen LogP contribution in [0.1, 0.15) is 51.7 Å². The second kappa shape index (κ2) is 4.58. The molecule has 0 amide bonds. The molecule has 0 heterocycles. The summed E-state index contributed by atoms with van der Waals surface area (Å²) in [6.45, 7) is 11.0. The van der Waals surface area contributed by atoms with Crippen molar-refractivity contribution in [1.29, 1.82) is 0 Å². The van der Waals surface area contributed by atoms with Gasteiger partial charge in [0.05, 0.1) is 0 Å². The molecule has 0 saturated carbocycles. The minimum atomic E-state index is -0.0750. The van der Waals surface area contributed by atoms with E-state index in [-0.39, 0.29) is 11.0 Å². The third kappa shape index (κ3) is 3.34. The summed E-state index contributed by atoms with van der Waals surface area (Å²) < 4.78 is 0. The molecule has 1 atom stereocenters. The first kappa shape index (κ1) is 13.2. The van der Waals surface area contributed by atoms with Crippen molar-refractivity contribution < 1.29 is 0 Å². The van der Waals surface area contributed by atoms with Crippen LogP contribution in [0, 0.1) is 6.92 Å². The Morgan fingerprint density at radius 2 is 1.56 bits per heavy atom. The fraction of sp³-hybridized carbons (Fsp3) is 0.600. The first-order valence-corrected chi connectivity index (χ1v) is 6.13. The topological polar surface area (TPSA) is 26.0 Å². The number of aryl methyl sites for hydroxylation is 1. The molecule has 0 aliphatic carbocycles. The van der Waals surface area contributed by atoms with Crippen LogP contribution in [0.5, 0.6) is 0 Å². The van der Waals surface area contributed by atoms with Gasteiger partial charge in [-0.05, 0) is 37.7 Å². The zero-order valence-electron chi connectivity index (χ0n) is 11.3. The first-order valence-electron chi connectivity index (χ1n) is 6.13. The van der Waals surface area contributed by atoms with Crippen molar-refractivity contribution in [3.05, 3.63) is 35.4 Å². The summed E-state index contributed by atoms with van der Waals surface area (Å²) in [5, 5.41) is 0. The monoisotopic (exact) mass is 219 g/mol. The molecular weight excluding hydrogens is 194 g/mol. The lowest BCUT2D eigenvalue weighted by molar-refractivity contribution is 0.319. The van der Waals surface area contributed by atoms with E-state index in [0.29, 0.717) is 0 Å². The van der Waals surface area contributed by atoms with Gasteiger partial charge in [-0.25, -0.2) is 0 Å². The Morgan fingerprint density at radius 1 is 1.06 bits per heavy atom. The molecule has 1 nitrogen and oxygen atoms in total. The summed E-state index contributed by atoms with van der Waals surface area (Å²) >= 11 is 0. The predicted octanol–water partition coefficient (Wildman–Crippen LogP) is 3.79. The van der Waals surface area contributed by atoms with Crippen LogP contribution in [0.25, 0.3) is 0 Å². The van der Waals surface area contributed by atoms with E-state index in [1.807, 2.05) is 0 Å². The Labute approximate surface area is 100 Å². The Bertz CT molecular complexity index is 333. The van der Waals surface area contributed by atoms with E-state index < -0.39 is 0 Å². The molecule has 0 saturated heterocycles. The van der Waals surface area contributed by atoms with Gasteiger partial charge < -0.3 is 5.73 Å². The molecule has 1 aromatic rings. The summed E-state index contributed by atoms with van der Waals surface area (Å²) in [4.78, 5) is 0. The third-order valence-electron chi connectivity index (χ3n) is 3.49. The Morgan fingerprint density at radius 3 is 2.00 bits per heavy atom. The van der Waals surface area contributed by atoms with Crippen molar-refractivity contribution in [3.63, 3.8) is 0 Å². The van der Waals surface area contributed by atoms with E-state index in [4.69, 9.17) is 5.73 Å². The largest absolute Gasteiger partial charge is 0.325 e. The Balaban J connectivity index is 2.89. The van der Waals surface area contributed by atoms with E-state index in [9.17, 15) is 0 Å². The first-order chi connectivity index (χ1) is 7.27. The van der Waals surface area contributed by atoms with Crippen LogP contribution >= 0.6 is 0 Å². The van der Waals surface area contributed by atoms with Gasteiger partial charge in [-0.3, -0.25) is 0 Å². The highest BCUT2D eigenvalue weighted by molar-refractivity contribution is 5.28. The number of nitrogens with two attached hydrogens (primary N) is 1. The molecule has 0 bridgehead atoms. The summed E-state index contributed by atoms with van der Waals surface area (Å²) in [7, 11) is 0. The summed E-state index contributed by atoms with van der Waals surface area (Å²) in [5.74, 6) is 0. The minimum Gasteiger partial charge on any atom is -0.325 e. The van der Waals surface area contributed by atoms with Crippen molar-refractivity contribution in [1.82, 2.24) is 0 Å². The molecule has 0 aliphatic rings. The molecule has 0 spiro atoms. The number of hydrogen-bond donors (Lipinski definition) is 1. The standard InChI is InChI=1S/C15H25N/c1-6-15(5,16)11-14(3,4)13-9-7-12(2)8-10-13/h7-10H,6,11,16H2,1-5H3/t15-/m0/s1. The van der Waals surface area contributed by atoms with E-state index in [1.165, 1.54) is 11.1 Å². The molecular formula is C15H25N. The van der Waals surface area contributed by atoms with Gasteiger partial charge in [0.2, 0.25) is 0 Å². The summed E-state index contributed by atoms with van der Waals surface area (Å²) in [5.41, 5.74) is 9.03. The van der Waals surface area contributed by atoms with Gasteiger partial charge in [-0.15, -0.1) is 0 Å². The molecule has 0 aliphatic heterocycles. The Hall–Kier alpha value is -0.820. The lowest BCUT2D eigenvalue weighted by Gasteiger charge is -2.34. The quantitative estimate of drug-likeness (QED) is 0.819. The van der Waals surface area contributed by atoms with E-state index in [1.54, 1.807) is 0 Å². The molecule has 1 rings (SSSR count). The fourth-order valence-corrected chi connectivity index (χ4v) is 2.24. The van der Waals surface area contributed by atoms with Gasteiger partial charge in [-0.2, -0.15) is 0 Å². The molecule has 90 valence electrons. The van der Waals surface area contributed by atoms with Crippen LogP contribution in [0.2, 0.25) is 0 Å². The van der Waals surface area contributed by atoms with Gasteiger partial charge in [0.25, 0.3) is 0 Å².